The number of aliphatic hydroxyl groups is 1. The maximum atomic E-state index is 11.7. The quantitative estimate of drug-likeness (QED) is 0.810. The number of benzene rings is 2. The number of carbonyl (C=O) groups excluding carboxylic acids is 1. The van der Waals surface area contributed by atoms with Crippen molar-refractivity contribution >= 4 is 23.3 Å². The molecule has 0 saturated heterocycles. The van der Waals surface area contributed by atoms with E-state index in [-0.39, 0.29) is 12.6 Å². The monoisotopic (exact) mass is 290 g/mol. The molecule has 5 heteroatoms. The third-order valence-electron chi connectivity index (χ3n) is 2.72. The Bertz CT molecular complexity index is 575. The molecule has 2 aromatic rings. The van der Waals surface area contributed by atoms with Crippen LogP contribution in [0.1, 0.15) is 11.7 Å². The van der Waals surface area contributed by atoms with Crippen LogP contribution in [0.5, 0.6) is 0 Å². The summed E-state index contributed by atoms with van der Waals surface area (Å²) in [6.07, 6.45) is -0.735. The zero-order chi connectivity index (χ0) is 14.4. The SMILES string of the molecule is O=C(NCC(O)c1ccccc1)Nc1cccc(Cl)c1. The molecule has 0 aliphatic rings. The molecule has 1 atom stereocenters. The van der Waals surface area contributed by atoms with Crippen molar-refractivity contribution < 1.29 is 9.90 Å². The molecule has 0 fully saturated rings. The van der Waals surface area contributed by atoms with Crippen LogP contribution < -0.4 is 10.6 Å². The maximum absolute atomic E-state index is 11.7. The number of urea groups is 1. The van der Waals surface area contributed by atoms with Crippen molar-refractivity contribution in [2.75, 3.05) is 11.9 Å². The fourth-order valence-electron chi connectivity index (χ4n) is 1.72. The van der Waals surface area contributed by atoms with Gasteiger partial charge in [-0.2, -0.15) is 0 Å². The molecule has 0 aromatic heterocycles. The highest BCUT2D eigenvalue weighted by molar-refractivity contribution is 6.30. The molecular formula is C15H15ClN2O2. The van der Waals surface area contributed by atoms with Crippen molar-refractivity contribution in [3.63, 3.8) is 0 Å². The zero-order valence-electron chi connectivity index (χ0n) is 10.7. The second-order valence-corrected chi connectivity index (χ2v) is 4.71. The predicted octanol–water partition coefficient (Wildman–Crippen LogP) is 3.20. The van der Waals surface area contributed by atoms with Crippen molar-refractivity contribution in [2.45, 2.75) is 6.10 Å². The Kier molecular flexibility index (Phi) is 4.98. The number of carbonyl (C=O) groups is 1. The minimum atomic E-state index is -0.735. The lowest BCUT2D eigenvalue weighted by atomic mass is 10.1. The van der Waals surface area contributed by atoms with Crippen LogP contribution in [-0.4, -0.2) is 17.7 Å². The topological polar surface area (TPSA) is 61.4 Å². The molecule has 0 aliphatic heterocycles. The van der Waals surface area contributed by atoms with Crippen molar-refractivity contribution in [2.24, 2.45) is 0 Å². The molecule has 2 amide bonds. The molecule has 0 aliphatic carbocycles. The van der Waals surface area contributed by atoms with Gasteiger partial charge in [0.1, 0.15) is 0 Å². The molecular weight excluding hydrogens is 276 g/mol. The molecule has 3 N–H and O–H groups in total. The molecule has 0 spiro atoms. The van der Waals surface area contributed by atoms with E-state index in [1.165, 1.54) is 0 Å². The number of hydrogen-bond donors (Lipinski definition) is 3. The summed E-state index contributed by atoms with van der Waals surface area (Å²) in [6, 6.07) is 15.6. The van der Waals surface area contributed by atoms with Gasteiger partial charge < -0.3 is 15.7 Å². The number of hydrogen-bond acceptors (Lipinski definition) is 2. The summed E-state index contributed by atoms with van der Waals surface area (Å²) in [7, 11) is 0. The Labute approximate surface area is 122 Å². The lowest BCUT2D eigenvalue weighted by molar-refractivity contribution is 0.175. The van der Waals surface area contributed by atoms with Crippen LogP contribution in [0.4, 0.5) is 10.5 Å². The maximum Gasteiger partial charge on any atom is 0.319 e. The van der Waals surface area contributed by atoms with Crippen LogP contribution >= 0.6 is 11.6 Å². The van der Waals surface area contributed by atoms with Crippen LogP contribution in [0.25, 0.3) is 0 Å². The Balaban J connectivity index is 1.83. The van der Waals surface area contributed by atoms with Gasteiger partial charge in [0.15, 0.2) is 0 Å². The van der Waals surface area contributed by atoms with E-state index in [0.29, 0.717) is 10.7 Å². The molecule has 1 unspecified atom stereocenters. The summed E-state index contributed by atoms with van der Waals surface area (Å²) < 4.78 is 0. The van der Waals surface area contributed by atoms with E-state index in [2.05, 4.69) is 10.6 Å². The van der Waals surface area contributed by atoms with Crippen molar-refractivity contribution in [1.82, 2.24) is 5.32 Å². The first-order valence-corrected chi connectivity index (χ1v) is 6.56. The third-order valence-corrected chi connectivity index (χ3v) is 2.96. The number of anilines is 1. The van der Waals surface area contributed by atoms with Crippen LogP contribution in [0.15, 0.2) is 54.6 Å². The predicted molar refractivity (Wildman–Crippen MR) is 79.9 cm³/mol. The first-order chi connectivity index (χ1) is 9.65. The average Bonchev–Trinajstić information content (AvgIpc) is 2.46. The van der Waals surface area contributed by atoms with Gasteiger partial charge in [-0.25, -0.2) is 4.79 Å². The smallest absolute Gasteiger partial charge is 0.319 e. The number of rotatable bonds is 4. The van der Waals surface area contributed by atoms with Crippen LogP contribution in [0, 0.1) is 0 Å². The molecule has 104 valence electrons. The van der Waals surface area contributed by atoms with E-state index in [1.54, 1.807) is 36.4 Å². The van der Waals surface area contributed by atoms with Gasteiger partial charge in [0.05, 0.1) is 6.10 Å². The van der Waals surface area contributed by atoms with Crippen molar-refractivity contribution in [3.8, 4) is 0 Å². The largest absolute Gasteiger partial charge is 0.387 e. The van der Waals surface area contributed by atoms with Gasteiger partial charge in [-0.15, -0.1) is 0 Å². The summed E-state index contributed by atoms with van der Waals surface area (Å²) in [6.45, 7) is 0.135. The minimum absolute atomic E-state index is 0.135. The van der Waals surface area contributed by atoms with E-state index in [1.807, 2.05) is 18.2 Å². The molecule has 0 radical (unpaired) electrons. The number of halogens is 1. The second kappa shape index (κ2) is 6.93. The second-order valence-electron chi connectivity index (χ2n) is 4.27. The Hall–Kier alpha value is -2.04. The van der Waals surface area contributed by atoms with Gasteiger partial charge in [0.2, 0.25) is 0 Å². The molecule has 20 heavy (non-hydrogen) atoms. The van der Waals surface area contributed by atoms with Crippen LogP contribution in [-0.2, 0) is 0 Å². The zero-order valence-corrected chi connectivity index (χ0v) is 11.5. The van der Waals surface area contributed by atoms with Crippen LogP contribution in [0.3, 0.4) is 0 Å². The Morgan fingerprint density at radius 1 is 1.15 bits per heavy atom. The highest BCUT2D eigenvalue weighted by Gasteiger charge is 2.09. The normalized spacial score (nSPS) is 11.7. The van der Waals surface area contributed by atoms with E-state index in [4.69, 9.17) is 11.6 Å². The third kappa shape index (κ3) is 4.26. The van der Waals surface area contributed by atoms with Gasteiger partial charge in [0.25, 0.3) is 0 Å². The number of aliphatic hydroxyl groups excluding tert-OH is 1. The van der Waals surface area contributed by atoms with Crippen LogP contribution in [0.2, 0.25) is 5.02 Å². The Morgan fingerprint density at radius 2 is 1.90 bits per heavy atom. The highest BCUT2D eigenvalue weighted by Crippen LogP contribution is 2.15. The molecule has 2 rings (SSSR count). The summed E-state index contributed by atoms with van der Waals surface area (Å²) in [5.74, 6) is 0. The van der Waals surface area contributed by atoms with E-state index >= 15 is 0 Å². The Morgan fingerprint density at radius 3 is 2.60 bits per heavy atom. The van der Waals surface area contributed by atoms with Gasteiger partial charge in [-0.1, -0.05) is 48.0 Å². The molecule has 2 aromatic carbocycles. The average molecular weight is 291 g/mol. The van der Waals surface area contributed by atoms with Crippen molar-refractivity contribution in [1.29, 1.82) is 0 Å². The van der Waals surface area contributed by atoms with E-state index in [9.17, 15) is 9.90 Å². The van der Waals surface area contributed by atoms with Gasteiger partial charge >= 0.3 is 6.03 Å². The molecule has 0 saturated carbocycles. The van der Waals surface area contributed by atoms with Gasteiger partial charge in [-0.3, -0.25) is 0 Å². The summed E-state index contributed by atoms with van der Waals surface area (Å²) in [4.78, 5) is 11.7. The molecule has 0 heterocycles. The van der Waals surface area contributed by atoms with Crippen molar-refractivity contribution in [3.05, 3.63) is 65.2 Å². The summed E-state index contributed by atoms with van der Waals surface area (Å²) in [5.41, 5.74) is 1.36. The summed E-state index contributed by atoms with van der Waals surface area (Å²) in [5, 5.41) is 15.7. The summed E-state index contributed by atoms with van der Waals surface area (Å²) >= 11 is 5.82. The number of amides is 2. The first kappa shape index (κ1) is 14.4. The van der Waals surface area contributed by atoms with Gasteiger partial charge in [-0.05, 0) is 23.8 Å². The standard InChI is InChI=1S/C15H15ClN2O2/c16-12-7-4-8-13(9-12)18-15(20)17-10-14(19)11-5-2-1-3-6-11/h1-9,14,19H,10H2,(H2,17,18,20). The highest BCUT2D eigenvalue weighted by atomic mass is 35.5. The molecule has 4 nitrogen and oxygen atoms in total. The minimum Gasteiger partial charge on any atom is -0.387 e. The fraction of sp³-hybridized carbons (Fsp3) is 0.133. The van der Waals surface area contributed by atoms with E-state index < -0.39 is 6.10 Å². The number of nitrogens with one attached hydrogen (secondary N) is 2. The molecule has 0 bridgehead atoms. The lowest BCUT2D eigenvalue weighted by Gasteiger charge is -2.13. The first-order valence-electron chi connectivity index (χ1n) is 6.18. The fourth-order valence-corrected chi connectivity index (χ4v) is 1.91. The lowest BCUT2D eigenvalue weighted by Crippen LogP contribution is -2.32. The van der Waals surface area contributed by atoms with Gasteiger partial charge in [0, 0.05) is 17.3 Å². The van der Waals surface area contributed by atoms with E-state index in [0.717, 1.165) is 5.56 Å².